The van der Waals surface area contributed by atoms with Crippen LogP contribution in [0.15, 0.2) is 53.4 Å². The van der Waals surface area contributed by atoms with Crippen LogP contribution in [0.4, 0.5) is 0 Å². The number of benzene rings is 2. The summed E-state index contributed by atoms with van der Waals surface area (Å²) in [7, 11) is -3.23. The summed E-state index contributed by atoms with van der Waals surface area (Å²) in [6.45, 7) is 0. The van der Waals surface area contributed by atoms with Gasteiger partial charge < -0.3 is 14.6 Å². The van der Waals surface area contributed by atoms with Crippen molar-refractivity contribution >= 4 is 15.8 Å². The molecule has 0 aliphatic heterocycles. The molecular formula is C15H13O5S-. The molecule has 0 heterocycles. The highest BCUT2D eigenvalue weighted by molar-refractivity contribution is 7.90. The summed E-state index contributed by atoms with van der Waals surface area (Å²) in [5, 5.41) is 10.5. The lowest BCUT2D eigenvalue weighted by atomic mass is 10.1. The molecule has 2 aromatic carbocycles. The largest absolute Gasteiger partial charge is 0.550 e. The van der Waals surface area contributed by atoms with Crippen molar-refractivity contribution in [1.82, 2.24) is 0 Å². The fourth-order valence-corrected chi connectivity index (χ4v) is 2.36. The van der Waals surface area contributed by atoms with Crippen molar-refractivity contribution in [2.24, 2.45) is 0 Å². The monoisotopic (exact) mass is 305 g/mol. The van der Waals surface area contributed by atoms with E-state index in [1.807, 2.05) is 0 Å². The second-order valence-corrected chi connectivity index (χ2v) is 6.55. The molecule has 2 rings (SSSR count). The van der Waals surface area contributed by atoms with Gasteiger partial charge in [-0.2, -0.15) is 0 Å². The molecule has 0 aliphatic rings. The maximum Gasteiger partial charge on any atom is 0.175 e. The first kappa shape index (κ1) is 15.1. The molecule has 0 aromatic heterocycles. The molecule has 0 spiro atoms. The Morgan fingerprint density at radius 3 is 1.90 bits per heavy atom. The number of carbonyl (C=O) groups is 1. The molecular weight excluding hydrogens is 292 g/mol. The van der Waals surface area contributed by atoms with Gasteiger partial charge in [-0.15, -0.1) is 0 Å². The number of hydrogen-bond acceptors (Lipinski definition) is 5. The van der Waals surface area contributed by atoms with Crippen molar-refractivity contribution < 1.29 is 23.1 Å². The van der Waals surface area contributed by atoms with Gasteiger partial charge in [0, 0.05) is 18.6 Å². The number of hydrogen-bond donors (Lipinski definition) is 0. The Balaban J connectivity index is 2.09. The van der Waals surface area contributed by atoms with Crippen LogP contribution in [0, 0.1) is 0 Å². The Bertz CT molecular complexity index is 731. The maximum atomic E-state index is 11.3. The highest BCUT2D eigenvalue weighted by Crippen LogP contribution is 2.23. The van der Waals surface area contributed by atoms with E-state index in [1.54, 1.807) is 36.4 Å². The molecule has 0 fully saturated rings. The third-order valence-corrected chi connectivity index (χ3v) is 3.89. The Kier molecular flexibility index (Phi) is 4.28. The molecule has 0 aliphatic carbocycles. The van der Waals surface area contributed by atoms with Gasteiger partial charge in [0.05, 0.1) is 4.90 Å². The summed E-state index contributed by atoms with van der Waals surface area (Å²) in [5.41, 5.74) is 0.620. The van der Waals surface area contributed by atoms with Gasteiger partial charge in [-0.25, -0.2) is 8.42 Å². The molecule has 5 nitrogen and oxygen atoms in total. The Hall–Kier alpha value is -2.34. The standard InChI is InChI=1S/C15H14O5S/c1-21(18,19)14-8-6-13(7-9-14)20-12-4-2-11(3-5-12)10-15(16)17/h2-9H,10H2,1H3,(H,16,17)/p-1. The second-order valence-electron chi connectivity index (χ2n) is 4.54. The average molecular weight is 305 g/mol. The van der Waals surface area contributed by atoms with Gasteiger partial charge in [0.1, 0.15) is 11.5 Å². The minimum Gasteiger partial charge on any atom is -0.550 e. The lowest BCUT2D eigenvalue weighted by Crippen LogP contribution is -2.24. The molecule has 21 heavy (non-hydrogen) atoms. The van der Waals surface area contributed by atoms with Gasteiger partial charge in [-0.3, -0.25) is 0 Å². The second kappa shape index (κ2) is 5.97. The maximum absolute atomic E-state index is 11.3. The van der Waals surface area contributed by atoms with Crippen molar-refractivity contribution in [3.8, 4) is 11.5 Å². The Morgan fingerprint density at radius 1 is 1.00 bits per heavy atom. The van der Waals surface area contributed by atoms with Gasteiger partial charge in [-0.1, -0.05) is 12.1 Å². The number of carbonyl (C=O) groups excluding carboxylic acids is 1. The normalized spacial score (nSPS) is 11.1. The minimum atomic E-state index is -3.23. The molecule has 0 amide bonds. The smallest absolute Gasteiger partial charge is 0.175 e. The number of carboxylic acids is 1. The topological polar surface area (TPSA) is 83.5 Å². The van der Waals surface area contributed by atoms with E-state index in [4.69, 9.17) is 4.74 Å². The van der Waals surface area contributed by atoms with Gasteiger partial charge in [0.25, 0.3) is 0 Å². The molecule has 110 valence electrons. The first-order valence-corrected chi connectivity index (χ1v) is 8.00. The SMILES string of the molecule is CS(=O)(=O)c1ccc(Oc2ccc(CC(=O)[O-])cc2)cc1. The predicted octanol–water partition coefficient (Wildman–Crippen LogP) is 1.17. The van der Waals surface area contributed by atoms with E-state index in [0.29, 0.717) is 17.1 Å². The summed E-state index contributed by atoms with van der Waals surface area (Å²) in [6.07, 6.45) is 0.988. The first-order chi connectivity index (χ1) is 9.84. The summed E-state index contributed by atoms with van der Waals surface area (Å²) in [4.78, 5) is 10.7. The van der Waals surface area contributed by atoms with Crippen molar-refractivity contribution in [3.05, 3.63) is 54.1 Å². The molecule has 0 atom stereocenters. The number of aliphatic carboxylic acids is 1. The predicted molar refractivity (Wildman–Crippen MR) is 74.8 cm³/mol. The van der Waals surface area contributed by atoms with Crippen molar-refractivity contribution in [1.29, 1.82) is 0 Å². The fourth-order valence-electron chi connectivity index (χ4n) is 1.73. The van der Waals surface area contributed by atoms with E-state index in [2.05, 4.69) is 0 Å². The first-order valence-electron chi connectivity index (χ1n) is 6.11. The number of carboxylic acid groups (broad SMARTS) is 1. The van der Waals surface area contributed by atoms with Gasteiger partial charge in [-0.05, 0) is 42.0 Å². The van der Waals surface area contributed by atoms with E-state index >= 15 is 0 Å². The number of sulfone groups is 1. The molecule has 2 aromatic rings. The van der Waals surface area contributed by atoms with E-state index < -0.39 is 15.8 Å². The van der Waals surface area contributed by atoms with E-state index in [1.165, 1.54) is 12.1 Å². The van der Waals surface area contributed by atoms with Crippen LogP contribution in [-0.2, 0) is 21.1 Å². The Morgan fingerprint density at radius 2 is 1.48 bits per heavy atom. The number of ether oxygens (including phenoxy) is 1. The lowest BCUT2D eigenvalue weighted by molar-refractivity contribution is -0.304. The molecule has 0 radical (unpaired) electrons. The molecule has 0 bridgehead atoms. The lowest BCUT2D eigenvalue weighted by Gasteiger charge is -2.08. The zero-order chi connectivity index (χ0) is 15.5. The molecule has 6 heteroatoms. The molecule has 0 saturated heterocycles. The Labute approximate surface area is 122 Å². The zero-order valence-corrected chi connectivity index (χ0v) is 12.1. The van der Waals surface area contributed by atoms with Crippen LogP contribution in [0.3, 0.4) is 0 Å². The van der Waals surface area contributed by atoms with E-state index in [9.17, 15) is 18.3 Å². The van der Waals surface area contributed by atoms with Crippen LogP contribution in [0.25, 0.3) is 0 Å². The highest BCUT2D eigenvalue weighted by atomic mass is 32.2. The third-order valence-electron chi connectivity index (χ3n) is 2.76. The van der Waals surface area contributed by atoms with Crippen molar-refractivity contribution in [2.45, 2.75) is 11.3 Å². The van der Waals surface area contributed by atoms with Crippen LogP contribution in [0.2, 0.25) is 0 Å². The summed E-state index contributed by atoms with van der Waals surface area (Å²) in [6, 6.07) is 12.6. The summed E-state index contributed by atoms with van der Waals surface area (Å²) >= 11 is 0. The third kappa shape index (κ3) is 4.32. The van der Waals surface area contributed by atoms with Crippen LogP contribution in [0.5, 0.6) is 11.5 Å². The minimum absolute atomic E-state index is 0.149. The molecule has 0 unspecified atom stereocenters. The van der Waals surface area contributed by atoms with E-state index in [-0.39, 0.29) is 11.3 Å². The van der Waals surface area contributed by atoms with Crippen LogP contribution in [-0.4, -0.2) is 20.6 Å². The molecule has 0 N–H and O–H groups in total. The quantitative estimate of drug-likeness (QED) is 0.828. The highest BCUT2D eigenvalue weighted by Gasteiger charge is 2.06. The number of rotatable bonds is 5. The van der Waals surface area contributed by atoms with Gasteiger partial charge in [0.15, 0.2) is 9.84 Å². The van der Waals surface area contributed by atoms with Gasteiger partial charge >= 0.3 is 0 Å². The fraction of sp³-hybridized carbons (Fsp3) is 0.133. The summed E-state index contributed by atoms with van der Waals surface area (Å²) < 4.78 is 28.2. The van der Waals surface area contributed by atoms with Crippen molar-refractivity contribution in [2.75, 3.05) is 6.26 Å². The summed E-state index contributed by atoms with van der Waals surface area (Å²) in [5.74, 6) is -0.112. The molecule has 0 saturated carbocycles. The average Bonchev–Trinajstić information content (AvgIpc) is 2.40. The van der Waals surface area contributed by atoms with E-state index in [0.717, 1.165) is 6.26 Å². The van der Waals surface area contributed by atoms with Crippen LogP contribution >= 0.6 is 0 Å². The zero-order valence-electron chi connectivity index (χ0n) is 11.3. The van der Waals surface area contributed by atoms with Gasteiger partial charge in [0.2, 0.25) is 0 Å². The van der Waals surface area contributed by atoms with Crippen LogP contribution < -0.4 is 9.84 Å². The van der Waals surface area contributed by atoms with Crippen molar-refractivity contribution in [3.63, 3.8) is 0 Å². The van der Waals surface area contributed by atoms with Crippen LogP contribution in [0.1, 0.15) is 5.56 Å².